The van der Waals surface area contributed by atoms with E-state index in [0.717, 1.165) is 41.5 Å². The zero-order valence-electron chi connectivity index (χ0n) is 17.6. The Balaban J connectivity index is 1.57. The Morgan fingerprint density at radius 3 is 2.78 bits per heavy atom. The van der Waals surface area contributed by atoms with Crippen molar-refractivity contribution in [1.82, 2.24) is 9.91 Å². The molecule has 0 bridgehead atoms. The van der Waals surface area contributed by atoms with Crippen LogP contribution in [0.1, 0.15) is 42.9 Å². The van der Waals surface area contributed by atoms with E-state index in [2.05, 4.69) is 17.2 Å². The average molecular weight is 474 g/mol. The molecule has 2 heterocycles. The molecule has 0 aromatic heterocycles. The number of amides is 1. The minimum Gasteiger partial charge on any atom is -0.480 e. The maximum atomic E-state index is 12.8. The Bertz CT molecular complexity index is 1050. The molecule has 32 heavy (non-hydrogen) atoms. The van der Waals surface area contributed by atoms with Gasteiger partial charge in [-0.3, -0.25) is 19.5 Å². The van der Waals surface area contributed by atoms with Crippen molar-refractivity contribution in [1.29, 1.82) is 0 Å². The van der Waals surface area contributed by atoms with E-state index in [-0.39, 0.29) is 28.8 Å². The van der Waals surface area contributed by atoms with Crippen molar-refractivity contribution >= 4 is 51.9 Å². The SMILES string of the molecule is CCOC(=O)CN1C(=O)/C(=C/N2N=C(c3ccc4c(c3)CCCC4)CC2C(=O)O)SC1=S. The first-order chi connectivity index (χ1) is 15.4. The molecule has 1 atom stereocenters. The first-order valence-electron chi connectivity index (χ1n) is 10.5. The number of benzene rings is 1. The molecule has 0 saturated carbocycles. The van der Waals surface area contributed by atoms with Crippen molar-refractivity contribution in [3.8, 4) is 0 Å². The summed E-state index contributed by atoms with van der Waals surface area (Å²) in [6.07, 6.45) is 6.07. The van der Waals surface area contributed by atoms with E-state index in [4.69, 9.17) is 17.0 Å². The van der Waals surface area contributed by atoms with E-state index in [1.807, 2.05) is 6.07 Å². The van der Waals surface area contributed by atoms with E-state index >= 15 is 0 Å². The number of carboxylic acids is 1. The number of fused-ring (bicyclic) bond motifs is 1. The summed E-state index contributed by atoms with van der Waals surface area (Å²) in [7, 11) is 0. The third kappa shape index (κ3) is 4.56. The van der Waals surface area contributed by atoms with Gasteiger partial charge in [0.15, 0.2) is 6.04 Å². The molecule has 1 unspecified atom stereocenters. The number of thioether (sulfide) groups is 1. The monoisotopic (exact) mass is 473 g/mol. The molecule has 2 aliphatic heterocycles. The maximum Gasteiger partial charge on any atom is 0.328 e. The van der Waals surface area contributed by atoms with Gasteiger partial charge >= 0.3 is 11.9 Å². The van der Waals surface area contributed by atoms with Crippen molar-refractivity contribution in [2.24, 2.45) is 5.10 Å². The molecule has 0 radical (unpaired) electrons. The zero-order chi connectivity index (χ0) is 22.8. The van der Waals surface area contributed by atoms with E-state index in [0.29, 0.717) is 5.71 Å². The quantitative estimate of drug-likeness (QED) is 0.383. The van der Waals surface area contributed by atoms with Crippen LogP contribution in [-0.2, 0) is 32.0 Å². The Morgan fingerprint density at radius 1 is 1.31 bits per heavy atom. The molecular weight excluding hydrogens is 450 g/mol. The van der Waals surface area contributed by atoms with Gasteiger partial charge in [0.1, 0.15) is 10.9 Å². The van der Waals surface area contributed by atoms with Gasteiger partial charge in [-0.1, -0.05) is 36.1 Å². The standard InChI is InChI=1S/C22H23N3O5S2/c1-2-30-19(26)12-24-20(27)18(32-22(24)31)11-25-17(21(28)29)10-16(23-25)15-8-7-13-5-3-4-6-14(13)9-15/h7-9,11,17H,2-6,10,12H2,1H3,(H,28,29)/b18-11-. The Morgan fingerprint density at radius 2 is 2.06 bits per heavy atom. The molecule has 1 N–H and O–H groups in total. The van der Waals surface area contributed by atoms with Crippen LogP contribution >= 0.6 is 24.0 Å². The lowest BCUT2D eigenvalue weighted by molar-refractivity contribution is -0.145. The molecule has 8 nitrogen and oxygen atoms in total. The number of hydrogen-bond donors (Lipinski definition) is 1. The smallest absolute Gasteiger partial charge is 0.328 e. The molecule has 1 fully saturated rings. The van der Waals surface area contributed by atoms with Gasteiger partial charge < -0.3 is 9.84 Å². The fraction of sp³-hybridized carbons (Fsp3) is 0.409. The third-order valence-corrected chi connectivity index (χ3v) is 6.99. The number of carbonyl (C=O) groups is 3. The second-order valence-electron chi connectivity index (χ2n) is 7.73. The molecule has 1 saturated heterocycles. The summed E-state index contributed by atoms with van der Waals surface area (Å²) in [6, 6.07) is 5.28. The first-order valence-corrected chi connectivity index (χ1v) is 11.7. The molecule has 0 spiro atoms. The van der Waals surface area contributed by atoms with Crippen LogP contribution in [0.5, 0.6) is 0 Å². The van der Waals surface area contributed by atoms with Gasteiger partial charge in [0.2, 0.25) is 0 Å². The molecule has 1 amide bonds. The highest BCUT2D eigenvalue weighted by molar-refractivity contribution is 8.26. The van der Waals surface area contributed by atoms with Crippen LogP contribution in [0.15, 0.2) is 34.4 Å². The molecule has 4 rings (SSSR count). The number of carbonyl (C=O) groups excluding carboxylic acids is 2. The number of thiocarbonyl (C=S) groups is 1. The zero-order valence-corrected chi connectivity index (χ0v) is 19.2. The van der Waals surface area contributed by atoms with Gasteiger partial charge in [-0.05, 0) is 55.4 Å². The molecule has 3 aliphatic rings. The fourth-order valence-electron chi connectivity index (χ4n) is 4.02. The second-order valence-corrected chi connectivity index (χ2v) is 9.41. The van der Waals surface area contributed by atoms with Crippen LogP contribution < -0.4 is 0 Å². The number of hydrazone groups is 1. The fourth-order valence-corrected chi connectivity index (χ4v) is 5.24. The van der Waals surface area contributed by atoms with Crippen LogP contribution in [0.3, 0.4) is 0 Å². The van der Waals surface area contributed by atoms with E-state index in [9.17, 15) is 19.5 Å². The number of esters is 1. The van der Waals surface area contributed by atoms with Crippen molar-refractivity contribution in [2.75, 3.05) is 13.2 Å². The highest BCUT2D eigenvalue weighted by Gasteiger charge is 2.37. The summed E-state index contributed by atoms with van der Waals surface area (Å²) in [5.41, 5.74) is 4.21. The number of hydrogen-bond acceptors (Lipinski definition) is 8. The summed E-state index contributed by atoms with van der Waals surface area (Å²) < 4.78 is 5.11. The molecule has 1 aromatic rings. The van der Waals surface area contributed by atoms with Crippen LogP contribution in [0, 0.1) is 0 Å². The molecule has 10 heteroatoms. The van der Waals surface area contributed by atoms with Gasteiger partial charge in [-0.25, -0.2) is 4.79 Å². The lowest BCUT2D eigenvalue weighted by Crippen LogP contribution is -2.35. The number of ether oxygens (including phenoxy) is 1. The number of rotatable bonds is 6. The highest BCUT2D eigenvalue weighted by Crippen LogP contribution is 2.33. The lowest BCUT2D eigenvalue weighted by atomic mass is 9.89. The normalized spacial score (nSPS) is 21.7. The summed E-state index contributed by atoms with van der Waals surface area (Å²) in [5, 5.41) is 15.6. The summed E-state index contributed by atoms with van der Waals surface area (Å²) in [4.78, 5) is 37.8. The first kappa shape index (κ1) is 22.5. The largest absolute Gasteiger partial charge is 0.480 e. The van der Waals surface area contributed by atoms with Crippen LogP contribution in [0.2, 0.25) is 0 Å². The Labute approximate surface area is 195 Å². The van der Waals surface area contributed by atoms with Crippen LogP contribution in [0.4, 0.5) is 0 Å². The van der Waals surface area contributed by atoms with Crippen molar-refractivity contribution < 1.29 is 24.2 Å². The summed E-state index contributed by atoms with van der Waals surface area (Å²) in [5.74, 6) is -2.04. The van der Waals surface area contributed by atoms with Gasteiger partial charge in [-0.15, -0.1) is 0 Å². The topological polar surface area (TPSA) is 99.5 Å². The second kappa shape index (κ2) is 9.41. The molecular formula is C22H23N3O5S2. The summed E-state index contributed by atoms with van der Waals surface area (Å²) >= 11 is 6.24. The van der Waals surface area contributed by atoms with Crippen molar-refractivity contribution in [3.63, 3.8) is 0 Å². The minimum absolute atomic E-state index is 0.206. The molecule has 168 valence electrons. The Hall–Kier alpha value is -2.72. The predicted octanol–water partition coefficient (Wildman–Crippen LogP) is 2.69. The minimum atomic E-state index is -1.03. The maximum absolute atomic E-state index is 12.8. The Kier molecular flexibility index (Phi) is 6.61. The van der Waals surface area contributed by atoms with E-state index in [1.165, 1.54) is 28.8 Å². The van der Waals surface area contributed by atoms with Gasteiger partial charge in [-0.2, -0.15) is 5.10 Å². The van der Waals surface area contributed by atoms with E-state index in [1.54, 1.807) is 6.92 Å². The number of nitrogens with zero attached hydrogens (tertiary/aromatic N) is 3. The third-order valence-electron chi connectivity index (χ3n) is 5.62. The van der Waals surface area contributed by atoms with Crippen molar-refractivity contribution in [2.45, 2.75) is 45.1 Å². The van der Waals surface area contributed by atoms with Gasteiger partial charge in [0.25, 0.3) is 5.91 Å². The van der Waals surface area contributed by atoms with Gasteiger partial charge in [0.05, 0.1) is 17.2 Å². The average Bonchev–Trinajstić information content (AvgIpc) is 3.30. The molecule has 1 aliphatic carbocycles. The van der Waals surface area contributed by atoms with E-state index < -0.39 is 23.9 Å². The molecule has 1 aromatic carbocycles. The predicted molar refractivity (Wildman–Crippen MR) is 124 cm³/mol. The highest BCUT2D eigenvalue weighted by atomic mass is 32.2. The van der Waals surface area contributed by atoms with Gasteiger partial charge in [0, 0.05) is 12.6 Å². The lowest BCUT2D eigenvalue weighted by Gasteiger charge is -2.16. The van der Waals surface area contributed by atoms with Crippen LogP contribution in [0.25, 0.3) is 0 Å². The summed E-state index contributed by atoms with van der Waals surface area (Å²) in [6.45, 7) is 1.61. The number of aryl methyl sites for hydroxylation is 2. The number of aliphatic carboxylic acids is 1. The van der Waals surface area contributed by atoms with Crippen molar-refractivity contribution in [3.05, 3.63) is 46.0 Å². The number of carboxylic acid groups (broad SMARTS) is 1. The van der Waals surface area contributed by atoms with Crippen LogP contribution in [-0.4, -0.2) is 62.1 Å².